The lowest BCUT2D eigenvalue weighted by atomic mass is 9.85. The average molecular weight is 279 g/mol. The molecule has 1 saturated heterocycles. The number of nitrogen functional groups attached to an aromatic ring is 1. The molecule has 2 unspecified atom stereocenters. The first-order chi connectivity index (χ1) is 9.18. The van der Waals surface area contributed by atoms with E-state index in [1.165, 1.54) is 19.3 Å². The molecule has 1 aliphatic carbocycles. The van der Waals surface area contributed by atoms with Gasteiger partial charge in [0.15, 0.2) is 0 Å². The zero-order valence-corrected chi connectivity index (χ0v) is 11.7. The van der Waals surface area contributed by atoms with Gasteiger partial charge in [-0.05, 0) is 37.3 Å². The molecule has 102 valence electrons. The second-order valence-corrected chi connectivity index (χ2v) is 6.01. The Morgan fingerprint density at radius 2 is 2.05 bits per heavy atom. The number of hydrogen-bond acceptors (Lipinski definition) is 2. The largest absolute Gasteiger partial charge is 0.398 e. The number of halogens is 1. The van der Waals surface area contributed by atoms with E-state index in [9.17, 15) is 4.79 Å². The van der Waals surface area contributed by atoms with Crippen LogP contribution in [0.4, 0.5) is 5.69 Å². The molecule has 1 aromatic carbocycles. The molecule has 2 atom stereocenters. The monoisotopic (exact) mass is 278 g/mol. The minimum atomic E-state index is 0.0116. The molecule has 0 aromatic heterocycles. The van der Waals surface area contributed by atoms with Gasteiger partial charge in [-0.15, -0.1) is 0 Å². The molecule has 3 nitrogen and oxygen atoms in total. The van der Waals surface area contributed by atoms with Crippen molar-refractivity contribution in [2.24, 2.45) is 5.92 Å². The van der Waals surface area contributed by atoms with E-state index in [0.29, 0.717) is 28.2 Å². The highest BCUT2D eigenvalue weighted by atomic mass is 35.5. The first-order valence-corrected chi connectivity index (χ1v) is 7.41. The van der Waals surface area contributed by atoms with Crippen LogP contribution in [0, 0.1) is 5.92 Å². The van der Waals surface area contributed by atoms with E-state index in [1.807, 2.05) is 4.90 Å². The molecule has 1 heterocycles. The van der Waals surface area contributed by atoms with Crippen molar-refractivity contribution < 1.29 is 4.79 Å². The molecule has 1 saturated carbocycles. The summed E-state index contributed by atoms with van der Waals surface area (Å²) in [4.78, 5) is 14.7. The lowest BCUT2D eigenvalue weighted by Crippen LogP contribution is -2.39. The van der Waals surface area contributed by atoms with Gasteiger partial charge in [0.25, 0.3) is 5.91 Å². The molecule has 0 spiro atoms. The van der Waals surface area contributed by atoms with Crippen LogP contribution < -0.4 is 5.73 Å². The van der Waals surface area contributed by atoms with Gasteiger partial charge in [0.1, 0.15) is 0 Å². The normalized spacial score (nSPS) is 26.3. The number of hydrogen-bond donors (Lipinski definition) is 1. The van der Waals surface area contributed by atoms with Crippen LogP contribution in [0.15, 0.2) is 18.2 Å². The van der Waals surface area contributed by atoms with Gasteiger partial charge in [-0.1, -0.05) is 30.5 Å². The minimum Gasteiger partial charge on any atom is -0.398 e. The summed E-state index contributed by atoms with van der Waals surface area (Å²) >= 11 is 6.15. The van der Waals surface area contributed by atoms with Gasteiger partial charge in [-0.3, -0.25) is 4.79 Å². The maximum absolute atomic E-state index is 12.7. The van der Waals surface area contributed by atoms with Crippen LogP contribution in [0.3, 0.4) is 0 Å². The third-order valence-corrected chi connectivity index (χ3v) is 4.85. The molecule has 1 aromatic rings. The Morgan fingerprint density at radius 1 is 1.26 bits per heavy atom. The summed E-state index contributed by atoms with van der Waals surface area (Å²) in [6, 6.07) is 5.66. The smallest absolute Gasteiger partial charge is 0.257 e. The number of fused-ring (bicyclic) bond motifs is 1. The molecule has 2 aliphatic rings. The summed E-state index contributed by atoms with van der Waals surface area (Å²) in [7, 11) is 0. The summed E-state index contributed by atoms with van der Waals surface area (Å²) in [5, 5.41) is 0.462. The molecule has 0 radical (unpaired) electrons. The SMILES string of the molecule is Nc1cccc(Cl)c1C(=O)N1CCC2CCCCC21. The van der Waals surface area contributed by atoms with Crippen LogP contribution in [0.25, 0.3) is 0 Å². The molecular formula is C15H19ClN2O. The number of benzene rings is 1. The number of likely N-dealkylation sites (tertiary alicyclic amines) is 1. The Labute approximate surface area is 118 Å². The Morgan fingerprint density at radius 3 is 2.84 bits per heavy atom. The van der Waals surface area contributed by atoms with Crippen LogP contribution in [0.5, 0.6) is 0 Å². The summed E-state index contributed by atoms with van der Waals surface area (Å²) in [5.74, 6) is 0.693. The van der Waals surface area contributed by atoms with Crippen molar-refractivity contribution in [3.05, 3.63) is 28.8 Å². The summed E-state index contributed by atoms with van der Waals surface area (Å²) < 4.78 is 0. The van der Waals surface area contributed by atoms with Crippen molar-refractivity contribution in [2.45, 2.75) is 38.1 Å². The lowest BCUT2D eigenvalue weighted by molar-refractivity contribution is 0.0691. The van der Waals surface area contributed by atoms with Crippen molar-refractivity contribution in [1.29, 1.82) is 0 Å². The number of nitrogens with two attached hydrogens (primary N) is 1. The Bertz CT molecular complexity index is 483. The van der Waals surface area contributed by atoms with Gasteiger partial charge < -0.3 is 10.6 Å². The molecule has 1 amide bonds. The molecule has 2 N–H and O–H groups in total. The highest BCUT2D eigenvalue weighted by Crippen LogP contribution is 2.38. The number of nitrogens with zero attached hydrogens (tertiary/aromatic N) is 1. The van der Waals surface area contributed by atoms with E-state index in [1.54, 1.807) is 18.2 Å². The molecule has 4 heteroatoms. The van der Waals surface area contributed by atoms with Gasteiger partial charge in [-0.2, -0.15) is 0 Å². The molecule has 1 aliphatic heterocycles. The number of anilines is 1. The minimum absolute atomic E-state index is 0.0116. The highest BCUT2D eigenvalue weighted by molar-refractivity contribution is 6.34. The third-order valence-electron chi connectivity index (χ3n) is 4.53. The van der Waals surface area contributed by atoms with Gasteiger partial charge in [0, 0.05) is 18.3 Å². The Kier molecular flexibility index (Phi) is 3.40. The zero-order chi connectivity index (χ0) is 13.4. The van der Waals surface area contributed by atoms with E-state index in [0.717, 1.165) is 19.4 Å². The van der Waals surface area contributed by atoms with Crippen LogP contribution in [-0.2, 0) is 0 Å². The van der Waals surface area contributed by atoms with Gasteiger partial charge in [-0.25, -0.2) is 0 Å². The summed E-state index contributed by atoms with van der Waals surface area (Å²) in [5.41, 5.74) is 6.89. The third kappa shape index (κ3) is 2.20. The van der Waals surface area contributed by atoms with E-state index < -0.39 is 0 Å². The maximum Gasteiger partial charge on any atom is 0.257 e. The van der Waals surface area contributed by atoms with Crippen LogP contribution in [-0.4, -0.2) is 23.4 Å². The topological polar surface area (TPSA) is 46.3 Å². The van der Waals surface area contributed by atoms with Gasteiger partial charge >= 0.3 is 0 Å². The van der Waals surface area contributed by atoms with Crippen molar-refractivity contribution in [1.82, 2.24) is 4.90 Å². The quantitative estimate of drug-likeness (QED) is 0.801. The van der Waals surface area contributed by atoms with Crippen molar-refractivity contribution in [2.75, 3.05) is 12.3 Å². The molecule has 0 bridgehead atoms. The standard InChI is InChI=1S/C15H19ClN2O/c16-11-5-3-6-12(17)14(11)15(19)18-9-8-10-4-1-2-7-13(10)18/h3,5-6,10,13H,1-2,4,7-9,17H2. The lowest BCUT2D eigenvalue weighted by Gasteiger charge is -2.32. The van der Waals surface area contributed by atoms with Crippen LogP contribution in [0.1, 0.15) is 42.5 Å². The average Bonchev–Trinajstić information content (AvgIpc) is 2.82. The maximum atomic E-state index is 12.7. The van der Waals surface area contributed by atoms with E-state index in [4.69, 9.17) is 17.3 Å². The van der Waals surface area contributed by atoms with Crippen molar-refractivity contribution in [3.63, 3.8) is 0 Å². The molecule has 3 rings (SSSR count). The molecular weight excluding hydrogens is 260 g/mol. The predicted octanol–water partition coefficient (Wildman–Crippen LogP) is 3.33. The van der Waals surface area contributed by atoms with E-state index >= 15 is 0 Å². The Hall–Kier alpha value is -1.22. The van der Waals surface area contributed by atoms with Gasteiger partial charge in [0.05, 0.1) is 10.6 Å². The fourth-order valence-corrected chi connectivity index (χ4v) is 3.83. The number of carbonyl (C=O) groups is 1. The van der Waals surface area contributed by atoms with Crippen LogP contribution in [0.2, 0.25) is 5.02 Å². The Balaban J connectivity index is 1.88. The first kappa shape index (κ1) is 12.8. The summed E-state index contributed by atoms with van der Waals surface area (Å²) in [6.45, 7) is 0.846. The second kappa shape index (κ2) is 5.04. The molecule has 2 fully saturated rings. The number of carbonyl (C=O) groups excluding carboxylic acids is 1. The first-order valence-electron chi connectivity index (χ1n) is 7.03. The second-order valence-electron chi connectivity index (χ2n) is 5.60. The summed E-state index contributed by atoms with van der Waals surface area (Å²) in [6.07, 6.45) is 6.04. The fourth-order valence-electron chi connectivity index (χ4n) is 3.57. The van der Waals surface area contributed by atoms with Gasteiger partial charge in [0.2, 0.25) is 0 Å². The fraction of sp³-hybridized carbons (Fsp3) is 0.533. The van der Waals surface area contributed by atoms with Crippen molar-refractivity contribution >= 4 is 23.2 Å². The van der Waals surface area contributed by atoms with Crippen LogP contribution >= 0.6 is 11.6 Å². The van der Waals surface area contributed by atoms with Crippen molar-refractivity contribution in [3.8, 4) is 0 Å². The highest BCUT2D eigenvalue weighted by Gasteiger charge is 2.39. The van der Waals surface area contributed by atoms with E-state index in [-0.39, 0.29) is 5.91 Å². The molecule has 19 heavy (non-hydrogen) atoms. The number of amides is 1. The predicted molar refractivity (Wildman–Crippen MR) is 77.3 cm³/mol. The van der Waals surface area contributed by atoms with E-state index in [2.05, 4.69) is 0 Å². The zero-order valence-electron chi connectivity index (χ0n) is 10.9. The number of rotatable bonds is 1.